The number of ketones is 1. The highest BCUT2D eigenvalue weighted by molar-refractivity contribution is 6.21. The third-order valence-electron chi connectivity index (χ3n) is 3.38. The highest BCUT2D eigenvalue weighted by Crippen LogP contribution is 2.25. The lowest BCUT2D eigenvalue weighted by Gasteiger charge is -2.26. The van der Waals surface area contributed by atoms with Crippen molar-refractivity contribution in [2.24, 2.45) is 0 Å². The fraction of sp³-hybridized carbons (Fsp3) is 0.167. The summed E-state index contributed by atoms with van der Waals surface area (Å²) in [5.74, 6) is -0.637. The zero-order chi connectivity index (χ0) is 16.0. The molecule has 2 aromatic rings. The first-order valence-corrected chi connectivity index (χ1v) is 7.40. The predicted molar refractivity (Wildman–Crippen MR) is 87.9 cm³/mol. The molecule has 0 aliphatic carbocycles. The molecule has 22 heavy (non-hydrogen) atoms. The summed E-state index contributed by atoms with van der Waals surface area (Å²) in [5, 5.41) is 20.0. The molecule has 0 aliphatic heterocycles. The normalized spacial score (nSPS) is 14.4. The van der Waals surface area contributed by atoms with Crippen molar-refractivity contribution in [3.8, 4) is 0 Å². The van der Waals surface area contributed by atoms with Gasteiger partial charge in [-0.2, -0.15) is 0 Å². The molecule has 0 spiro atoms. The number of aliphatic hydroxyl groups is 2. The number of benzene rings is 2. The van der Waals surface area contributed by atoms with Crippen LogP contribution in [0.3, 0.4) is 0 Å². The molecule has 1 unspecified atom stereocenters. The summed E-state index contributed by atoms with van der Waals surface area (Å²) in [6.07, 6.45) is 1.56. The van der Waals surface area contributed by atoms with Crippen LogP contribution in [0, 0.1) is 0 Å². The van der Waals surface area contributed by atoms with E-state index in [9.17, 15) is 15.0 Å². The Morgan fingerprint density at radius 1 is 1.05 bits per heavy atom. The van der Waals surface area contributed by atoms with Gasteiger partial charge in [0.1, 0.15) is 5.60 Å². The number of hydrogen-bond acceptors (Lipinski definition) is 3. The Morgan fingerprint density at radius 3 is 2.09 bits per heavy atom. The molecule has 2 N–H and O–H groups in total. The van der Waals surface area contributed by atoms with Crippen LogP contribution in [0.5, 0.6) is 0 Å². The van der Waals surface area contributed by atoms with Crippen LogP contribution < -0.4 is 0 Å². The quantitative estimate of drug-likeness (QED) is 0.489. The maximum absolute atomic E-state index is 12.7. The summed E-state index contributed by atoms with van der Waals surface area (Å²) in [4.78, 5) is 12.7. The van der Waals surface area contributed by atoms with E-state index in [1.165, 1.54) is 0 Å². The SMILES string of the molecule is O=C(/C(=C/c1ccccc1)C(O)(CO)CCl)c1ccccc1. The van der Waals surface area contributed by atoms with Crippen molar-refractivity contribution in [1.29, 1.82) is 0 Å². The molecule has 3 nitrogen and oxygen atoms in total. The standard InChI is InChI=1S/C18H17ClO3/c19-12-18(22,13-20)16(11-14-7-3-1-4-8-14)17(21)15-9-5-2-6-10-15/h1-11,20,22H,12-13H2/b16-11-. The maximum Gasteiger partial charge on any atom is 0.192 e. The van der Waals surface area contributed by atoms with Crippen LogP contribution in [-0.2, 0) is 0 Å². The lowest BCUT2D eigenvalue weighted by atomic mass is 9.88. The Balaban J connectivity index is 2.51. The van der Waals surface area contributed by atoms with Gasteiger partial charge in [-0.25, -0.2) is 0 Å². The van der Waals surface area contributed by atoms with Crippen LogP contribution in [0.25, 0.3) is 6.08 Å². The topological polar surface area (TPSA) is 57.5 Å². The van der Waals surface area contributed by atoms with Crippen molar-refractivity contribution in [1.82, 2.24) is 0 Å². The van der Waals surface area contributed by atoms with Crippen LogP contribution in [0.1, 0.15) is 15.9 Å². The molecule has 0 radical (unpaired) electrons. The Labute approximate surface area is 134 Å². The van der Waals surface area contributed by atoms with Gasteiger partial charge in [-0.05, 0) is 11.6 Å². The van der Waals surface area contributed by atoms with Crippen molar-refractivity contribution in [2.45, 2.75) is 5.60 Å². The molecule has 1 atom stereocenters. The average molecular weight is 317 g/mol. The second kappa shape index (κ2) is 7.36. The molecule has 4 heteroatoms. The summed E-state index contributed by atoms with van der Waals surface area (Å²) >= 11 is 5.80. The Hall–Kier alpha value is -1.94. The van der Waals surface area contributed by atoms with E-state index in [2.05, 4.69) is 0 Å². The largest absolute Gasteiger partial charge is 0.393 e. The lowest BCUT2D eigenvalue weighted by Crippen LogP contribution is -2.40. The van der Waals surface area contributed by atoms with Gasteiger partial charge in [0.25, 0.3) is 0 Å². The number of aliphatic hydroxyl groups excluding tert-OH is 1. The molecule has 2 rings (SSSR count). The van der Waals surface area contributed by atoms with Crippen LogP contribution in [0.2, 0.25) is 0 Å². The number of Topliss-reactive ketones (excluding diaryl/α,β-unsaturated/α-hetero) is 1. The number of rotatable bonds is 6. The third-order valence-corrected chi connectivity index (χ3v) is 3.82. The van der Waals surface area contributed by atoms with E-state index in [-0.39, 0.29) is 17.2 Å². The van der Waals surface area contributed by atoms with Crippen molar-refractivity contribution in [3.63, 3.8) is 0 Å². The Morgan fingerprint density at radius 2 is 1.59 bits per heavy atom. The maximum atomic E-state index is 12.7. The van der Waals surface area contributed by atoms with Crippen molar-refractivity contribution in [3.05, 3.63) is 77.4 Å². The smallest absolute Gasteiger partial charge is 0.192 e. The van der Waals surface area contributed by atoms with E-state index < -0.39 is 12.2 Å². The number of halogens is 1. The molecule has 0 heterocycles. The van der Waals surface area contributed by atoms with E-state index in [1.54, 1.807) is 36.4 Å². The molecule has 0 saturated carbocycles. The highest BCUT2D eigenvalue weighted by atomic mass is 35.5. The average Bonchev–Trinajstić information content (AvgIpc) is 2.60. The molecular formula is C18H17ClO3. The van der Waals surface area contributed by atoms with Crippen molar-refractivity contribution in [2.75, 3.05) is 12.5 Å². The monoisotopic (exact) mass is 316 g/mol. The van der Waals surface area contributed by atoms with Crippen LogP contribution >= 0.6 is 11.6 Å². The minimum Gasteiger partial charge on any atom is -0.393 e. The third kappa shape index (κ3) is 3.63. The molecule has 0 aromatic heterocycles. The van der Waals surface area contributed by atoms with Crippen molar-refractivity contribution < 1.29 is 15.0 Å². The second-order valence-corrected chi connectivity index (χ2v) is 5.25. The van der Waals surface area contributed by atoms with Crippen LogP contribution in [0.4, 0.5) is 0 Å². The van der Waals surface area contributed by atoms with Crippen molar-refractivity contribution >= 4 is 23.5 Å². The first-order chi connectivity index (χ1) is 10.6. The second-order valence-electron chi connectivity index (χ2n) is 4.99. The van der Waals surface area contributed by atoms with E-state index in [0.29, 0.717) is 5.56 Å². The van der Waals surface area contributed by atoms with Gasteiger partial charge in [0, 0.05) is 11.1 Å². The first-order valence-electron chi connectivity index (χ1n) is 6.87. The predicted octanol–water partition coefficient (Wildman–Crippen LogP) is 2.92. The van der Waals surface area contributed by atoms with Gasteiger partial charge >= 0.3 is 0 Å². The fourth-order valence-electron chi connectivity index (χ4n) is 2.07. The number of alkyl halides is 1. The van der Waals surface area contributed by atoms with E-state index in [4.69, 9.17) is 11.6 Å². The van der Waals surface area contributed by atoms with Crippen LogP contribution in [0.15, 0.2) is 66.2 Å². The van der Waals surface area contributed by atoms with E-state index >= 15 is 0 Å². The van der Waals surface area contributed by atoms with Gasteiger partial charge in [0.05, 0.1) is 12.5 Å². The Bertz CT molecular complexity index is 647. The summed E-state index contributed by atoms with van der Waals surface area (Å²) in [6, 6.07) is 17.7. The van der Waals surface area contributed by atoms with Gasteiger partial charge in [0.15, 0.2) is 5.78 Å². The first kappa shape index (κ1) is 16.4. The Kier molecular flexibility index (Phi) is 5.50. The number of hydrogen-bond donors (Lipinski definition) is 2. The lowest BCUT2D eigenvalue weighted by molar-refractivity contribution is 0.0346. The summed E-state index contributed by atoms with van der Waals surface area (Å²) < 4.78 is 0. The van der Waals surface area contributed by atoms with Gasteiger partial charge in [-0.1, -0.05) is 60.7 Å². The minimum absolute atomic E-state index is 0.0717. The van der Waals surface area contributed by atoms with Crippen LogP contribution in [-0.4, -0.2) is 34.1 Å². The highest BCUT2D eigenvalue weighted by Gasteiger charge is 2.35. The molecule has 0 saturated heterocycles. The summed E-state index contributed by atoms with van der Waals surface area (Å²) in [6.45, 7) is -0.631. The van der Waals surface area contributed by atoms with E-state index in [0.717, 1.165) is 5.56 Å². The minimum atomic E-state index is -1.79. The molecule has 0 aliphatic rings. The fourth-order valence-corrected chi connectivity index (χ4v) is 2.30. The summed E-state index contributed by atoms with van der Waals surface area (Å²) in [5.41, 5.74) is -0.535. The number of carbonyl (C=O) groups is 1. The molecular weight excluding hydrogens is 300 g/mol. The molecule has 0 fully saturated rings. The number of carbonyl (C=O) groups excluding carboxylic acids is 1. The zero-order valence-corrected chi connectivity index (χ0v) is 12.7. The van der Waals surface area contributed by atoms with Gasteiger partial charge in [0.2, 0.25) is 0 Å². The summed E-state index contributed by atoms with van der Waals surface area (Å²) in [7, 11) is 0. The molecule has 0 amide bonds. The zero-order valence-electron chi connectivity index (χ0n) is 11.9. The molecule has 114 valence electrons. The van der Waals surface area contributed by atoms with Gasteiger partial charge in [-0.3, -0.25) is 4.79 Å². The molecule has 2 aromatic carbocycles. The van der Waals surface area contributed by atoms with Gasteiger partial charge in [-0.15, -0.1) is 11.6 Å². The van der Waals surface area contributed by atoms with Gasteiger partial charge < -0.3 is 10.2 Å². The molecule has 0 bridgehead atoms. The van der Waals surface area contributed by atoms with E-state index in [1.807, 2.05) is 30.3 Å².